The van der Waals surface area contributed by atoms with Crippen molar-refractivity contribution in [1.82, 2.24) is 9.88 Å². The van der Waals surface area contributed by atoms with Gasteiger partial charge in [0, 0.05) is 52.1 Å². The van der Waals surface area contributed by atoms with Crippen molar-refractivity contribution < 1.29 is 29.3 Å². The molecule has 1 saturated heterocycles. The Balaban J connectivity index is 1.15. The molecule has 9 rings (SSSR count). The number of Topliss-reactive ketones (excluding diaryl/α,β-unsaturated/α-hetero) is 1. The van der Waals surface area contributed by atoms with Crippen LogP contribution in [0.3, 0.4) is 0 Å². The Morgan fingerprint density at radius 2 is 1.82 bits per heavy atom. The predicted molar refractivity (Wildman–Crippen MR) is 219 cm³/mol. The molecule has 10 atom stereocenters. The van der Waals surface area contributed by atoms with Gasteiger partial charge >= 0.3 is 0 Å². The van der Waals surface area contributed by atoms with E-state index in [1.807, 2.05) is 26.0 Å². The second-order valence-corrected chi connectivity index (χ2v) is 20.4. The minimum absolute atomic E-state index is 0.0341. The highest BCUT2D eigenvalue weighted by molar-refractivity contribution is 6.18. The lowest BCUT2D eigenvalue weighted by Crippen LogP contribution is -2.62. The molecule has 8 heteroatoms. The number of nitrogens with zero attached hydrogens (tertiary/aromatic N) is 1. The summed E-state index contributed by atoms with van der Waals surface area (Å²) in [6, 6.07) is 1.78. The Hall–Kier alpha value is -3.30. The van der Waals surface area contributed by atoms with Crippen molar-refractivity contribution >= 4 is 28.2 Å². The smallest absolute Gasteiger partial charge is 0.247 e. The molecule has 10 unspecified atom stereocenters. The Morgan fingerprint density at radius 1 is 1.07 bits per heavy atom. The maximum Gasteiger partial charge on any atom is 0.247 e. The van der Waals surface area contributed by atoms with E-state index in [0.29, 0.717) is 30.0 Å². The number of carbonyl (C=O) groups is 2. The summed E-state index contributed by atoms with van der Waals surface area (Å²) in [6.45, 7) is 24.9. The molecular formula is C48H62N2O6. The molecule has 2 aromatic rings. The Morgan fingerprint density at radius 3 is 2.52 bits per heavy atom. The largest absolute Gasteiger partial charge is 0.392 e. The number of hydrogen-bond donors (Lipinski definition) is 3. The highest BCUT2D eigenvalue weighted by atomic mass is 16.5. The molecule has 300 valence electrons. The van der Waals surface area contributed by atoms with Crippen LogP contribution in [0.15, 0.2) is 48.1 Å². The fraction of sp³-hybridized carbons (Fsp3) is 0.625. The number of ketones is 1. The van der Waals surface area contributed by atoms with Crippen LogP contribution in [-0.4, -0.2) is 63.0 Å². The average molecular weight is 763 g/mol. The number of rotatable bonds is 6. The van der Waals surface area contributed by atoms with Crippen molar-refractivity contribution in [2.45, 2.75) is 148 Å². The van der Waals surface area contributed by atoms with E-state index in [4.69, 9.17) is 9.47 Å². The third-order valence-electron chi connectivity index (χ3n) is 16.3. The second-order valence-electron chi connectivity index (χ2n) is 20.4. The van der Waals surface area contributed by atoms with E-state index in [-0.39, 0.29) is 40.5 Å². The molecule has 4 heterocycles. The van der Waals surface area contributed by atoms with Gasteiger partial charge in [-0.25, -0.2) is 0 Å². The third kappa shape index (κ3) is 4.97. The first-order valence-electron chi connectivity index (χ1n) is 21.3. The highest BCUT2D eigenvalue weighted by Crippen LogP contribution is 2.71. The molecule has 1 aromatic carbocycles. The van der Waals surface area contributed by atoms with Crippen molar-refractivity contribution in [1.29, 1.82) is 0 Å². The lowest BCUT2D eigenvalue weighted by molar-refractivity contribution is -0.144. The molecule has 1 aromatic heterocycles. The number of allylic oxidation sites excluding steroid dienone is 3. The average Bonchev–Trinajstić information content (AvgIpc) is 3.92. The van der Waals surface area contributed by atoms with Crippen molar-refractivity contribution in [2.24, 2.45) is 28.6 Å². The van der Waals surface area contributed by atoms with Gasteiger partial charge in [0.15, 0.2) is 5.78 Å². The number of aliphatic hydroxyl groups is 2. The minimum atomic E-state index is -0.856. The Kier molecular flexibility index (Phi) is 8.44. The number of hydrogen-bond acceptors (Lipinski definition) is 6. The first kappa shape index (κ1) is 38.2. The second kappa shape index (κ2) is 12.4. The maximum absolute atomic E-state index is 15.0. The molecule has 3 aliphatic heterocycles. The lowest BCUT2D eigenvalue weighted by atomic mass is 9.40. The fourth-order valence-electron chi connectivity index (χ4n) is 13.7. The van der Waals surface area contributed by atoms with E-state index in [9.17, 15) is 19.8 Å². The first-order chi connectivity index (χ1) is 26.3. The molecule has 0 radical (unpaired) electrons. The van der Waals surface area contributed by atoms with E-state index in [1.165, 1.54) is 11.3 Å². The van der Waals surface area contributed by atoms with Crippen molar-refractivity contribution in [3.8, 4) is 0 Å². The van der Waals surface area contributed by atoms with Crippen LogP contribution < -0.4 is 5.32 Å². The number of benzene rings is 1. The Labute approximate surface area is 332 Å². The summed E-state index contributed by atoms with van der Waals surface area (Å²) in [6.07, 6.45) is 13.5. The quantitative estimate of drug-likeness (QED) is 0.155. The molecule has 4 aliphatic carbocycles. The van der Waals surface area contributed by atoms with Crippen molar-refractivity contribution in [3.05, 3.63) is 76.0 Å². The third-order valence-corrected chi connectivity index (χ3v) is 16.3. The molecule has 7 aliphatic rings. The predicted octanol–water partition coefficient (Wildman–Crippen LogP) is 8.39. The van der Waals surface area contributed by atoms with Gasteiger partial charge in [-0.3, -0.25) is 9.59 Å². The van der Waals surface area contributed by atoms with Gasteiger partial charge in [0.1, 0.15) is 6.04 Å². The van der Waals surface area contributed by atoms with Gasteiger partial charge in [0.25, 0.3) is 0 Å². The highest BCUT2D eigenvalue weighted by Gasteiger charge is 2.68. The summed E-state index contributed by atoms with van der Waals surface area (Å²) in [5.74, 6) is 0.220. The molecule has 8 nitrogen and oxygen atoms in total. The lowest BCUT2D eigenvalue weighted by Gasteiger charge is -2.64. The van der Waals surface area contributed by atoms with Gasteiger partial charge in [0.05, 0.1) is 40.6 Å². The van der Waals surface area contributed by atoms with Crippen LogP contribution in [0.2, 0.25) is 0 Å². The molecule has 2 saturated carbocycles. The molecule has 3 N–H and O–H groups in total. The molecular weight excluding hydrogens is 701 g/mol. The first-order valence-corrected chi connectivity index (χ1v) is 21.3. The number of fused-ring (bicyclic) bond motifs is 11. The normalized spacial score (nSPS) is 39.0. The zero-order valence-electron chi connectivity index (χ0n) is 35.0. The topological polar surface area (TPSA) is 110 Å². The standard InChI is InChI=1S/C48H62N2O6/c1-25(2)38-41(53)36-35-29(32-23-44(4,5)56-45(6,7)37(32)40(35)52)22-30-31-21-27-15-16-33-46(8,18-11-13-26(3)43(54)49-24-28-14-12-20-55-28)34(51)17-19-47(33,9)48(27,10)42(31)50(38)39(30)36/h11,13,18,22-23,27-28,33-34,37-38,40,51-52H,1,12,14-17,19-21,24H2,2-10H3,(H,49,54)/b18-11+,26-13+. The Bertz CT molecular complexity index is 2180. The number of carbonyl (C=O) groups excluding carboxylic acids is 2. The van der Waals surface area contributed by atoms with Crippen LogP contribution >= 0.6 is 0 Å². The number of nitrogens with one attached hydrogen (secondary N) is 1. The summed E-state index contributed by atoms with van der Waals surface area (Å²) in [5, 5.41) is 28.3. The van der Waals surface area contributed by atoms with E-state index in [2.05, 4.69) is 83.1 Å². The molecule has 56 heavy (non-hydrogen) atoms. The van der Waals surface area contributed by atoms with Gasteiger partial charge < -0.3 is 29.6 Å². The monoisotopic (exact) mass is 762 g/mol. The van der Waals surface area contributed by atoms with Gasteiger partial charge in [0.2, 0.25) is 5.91 Å². The van der Waals surface area contributed by atoms with E-state index in [1.54, 1.807) is 0 Å². The molecule has 0 spiro atoms. The number of ether oxygens (including phenoxy) is 2. The summed E-state index contributed by atoms with van der Waals surface area (Å²) < 4.78 is 14.6. The number of amides is 1. The van der Waals surface area contributed by atoms with Crippen LogP contribution in [0.25, 0.3) is 16.5 Å². The van der Waals surface area contributed by atoms with Crippen LogP contribution in [0.5, 0.6) is 0 Å². The molecule has 3 fully saturated rings. The van der Waals surface area contributed by atoms with Gasteiger partial charge in [-0.15, -0.1) is 0 Å². The fourth-order valence-corrected chi connectivity index (χ4v) is 13.7. The number of aromatic nitrogens is 1. The maximum atomic E-state index is 15.0. The van der Waals surface area contributed by atoms with E-state index < -0.39 is 34.9 Å². The zero-order chi connectivity index (χ0) is 40.1. The van der Waals surface area contributed by atoms with E-state index in [0.717, 1.165) is 78.3 Å². The number of aliphatic hydroxyl groups excluding tert-OH is 2. The van der Waals surface area contributed by atoms with Crippen LogP contribution in [-0.2, 0) is 26.1 Å². The van der Waals surface area contributed by atoms with Gasteiger partial charge in [-0.05, 0) is 133 Å². The zero-order valence-corrected chi connectivity index (χ0v) is 35.0. The van der Waals surface area contributed by atoms with Crippen LogP contribution in [0.1, 0.15) is 146 Å². The van der Waals surface area contributed by atoms with Crippen LogP contribution in [0, 0.1) is 28.6 Å². The minimum Gasteiger partial charge on any atom is -0.392 e. The van der Waals surface area contributed by atoms with Crippen molar-refractivity contribution in [3.63, 3.8) is 0 Å². The summed E-state index contributed by atoms with van der Waals surface area (Å²) >= 11 is 0. The van der Waals surface area contributed by atoms with E-state index >= 15 is 0 Å². The van der Waals surface area contributed by atoms with Gasteiger partial charge in [-0.2, -0.15) is 0 Å². The summed E-state index contributed by atoms with van der Waals surface area (Å²) in [7, 11) is 0. The van der Waals surface area contributed by atoms with Gasteiger partial charge in [-0.1, -0.05) is 51.2 Å². The van der Waals surface area contributed by atoms with Crippen molar-refractivity contribution in [2.75, 3.05) is 13.2 Å². The van der Waals surface area contributed by atoms with Crippen LogP contribution in [0.4, 0.5) is 0 Å². The summed E-state index contributed by atoms with van der Waals surface area (Å²) in [4.78, 5) is 27.9. The SMILES string of the molecule is C=C(C)C1C(=O)c2c3c(cc4c5c(n1c24)C1(C)C(CCC2C(C)(/C=C/C=C(\C)C(=O)NCC4CCCO4)C(O)CCC21C)C5)C1=CC(C)(C)OC(C)(C)C1C3O. The summed E-state index contributed by atoms with van der Waals surface area (Å²) in [5.41, 5.74) is 6.39. The molecule has 1 amide bonds. The molecule has 0 bridgehead atoms.